The van der Waals surface area contributed by atoms with Crippen molar-refractivity contribution in [2.75, 3.05) is 19.8 Å². The Labute approximate surface area is 167 Å². The molecule has 0 heterocycles. The number of nitrogens with one attached hydrogen (secondary N) is 1. The first-order valence-electron chi connectivity index (χ1n) is 10.4. The molecule has 0 aliphatic heterocycles. The summed E-state index contributed by atoms with van der Waals surface area (Å²) in [6.07, 6.45) is 6.42. The van der Waals surface area contributed by atoms with Crippen LogP contribution in [0.5, 0.6) is 5.75 Å². The Kier molecular flexibility index (Phi) is 14.1. The molecule has 0 saturated carbocycles. The Bertz CT molecular complexity index is 520. The Balaban J connectivity index is 0.00000326. The molecular formula is C24H41NO2. The van der Waals surface area contributed by atoms with E-state index in [-0.39, 0.29) is 5.41 Å². The molecule has 0 atom stereocenters. The summed E-state index contributed by atoms with van der Waals surface area (Å²) < 4.78 is 11.3. The fourth-order valence-electron chi connectivity index (χ4n) is 2.56. The van der Waals surface area contributed by atoms with Crippen LogP contribution in [0.15, 0.2) is 54.4 Å². The normalized spacial score (nSPS) is 11.3. The maximum atomic E-state index is 5.74. The van der Waals surface area contributed by atoms with Crippen molar-refractivity contribution in [3.05, 3.63) is 54.4 Å². The van der Waals surface area contributed by atoms with Crippen molar-refractivity contribution in [2.45, 2.75) is 67.2 Å². The Morgan fingerprint density at radius 3 is 2.37 bits per heavy atom. The molecule has 3 heteroatoms. The first-order chi connectivity index (χ1) is 13.0. The van der Waals surface area contributed by atoms with Crippen LogP contribution in [0.4, 0.5) is 0 Å². The number of unbranched alkanes of at least 4 members (excludes halogenated alkanes) is 1. The number of ether oxygens (including phenoxy) is 2. The molecule has 0 unspecified atom stereocenters. The first-order valence-corrected chi connectivity index (χ1v) is 10.4. The van der Waals surface area contributed by atoms with Crippen molar-refractivity contribution in [2.24, 2.45) is 5.41 Å². The molecule has 0 radical (unpaired) electrons. The zero-order valence-electron chi connectivity index (χ0n) is 18.4. The summed E-state index contributed by atoms with van der Waals surface area (Å²) in [6.45, 7) is 18.8. The van der Waals surface area contributed by atoms with Crippen molar-refractivity contribution in [1.82, 2.24) is 5.32 Å². The van der Waals surface area contributed by atoms with Crippen molar-refractivity contribution < 1.29 is 9.47 Å². The molecule has 0 aromatic heterocycles. The first kappa shape index (κ1) is 25.1. The van der Waals surface area contributed by atoms with E-state index in [0.717, 1.165) is 50.3 Å². The number of benzene rings is 1. The minimum Gasteiger partial charge on any atom is -0.499 e. The second-order valence-electron chi connectivity index (χ2n) is 7.01. The quantitative estimate of drug-likeness (QED) is 0.306. The molecular weight excluding hydrogens is 334 g/mol. The number of hydrogen-bond donors (Lipinski definition) is 1. The Morgan fingerprint density at radius 1 is 1.11 bits per heavy atom. The van der Waals surface area contributed by atoms with Crippen LogP contribution < -0.4 is 10.1 Å². The summed E-state index contributed by atoms with van der Waals surface area (Å²) in [5, 5.41) is 3.63. The standard InChI is InChI=1S/C22H35NO2.C2H6/c1-6-12-21(22(4,5)15-18-24-19(2)3)23-16-10-11-17-25-20-13-8-7-9-14-20;1-2/h7-9,12-14,23H,2,6,10-11,15-18H2,1,3-5H3;1-2H3/b21-12-;. The van der Waals surface area contributed by atoms with E-state index in [0.29, 0.717) is 6.61 Å². The molecule has 27 heavy (non-hydrogen) atoms. The van der Waals surface area contributed by atoms with Crippen LogP contribution in [0.25, 0.3) is 0 Å². The molecule has 0 bridgehead atoms. The molecule has 0 amide bonds. The van der Waals surface area contributed by atoms with Gasteiger partial charge in [-0.05, 0) is 44.7 Å². The van der Waals surface area contributed by atoms with Gasteiger partial charge in [-0.2, -0.15) is 0 Å². The van der Waals surface area contributed by atoms with Crippen molar-refractivity contribution in [3.8, 4) is 5.75 Å². The molecule has 1 aromatic carbocycles. The van der Waals surface area contributed by atoms with Gasteiger partial charge in [-0.3, -0.25) is 0 Å². The van der Waals surface area contributed by atoms with Gasteiger partial charge in [0.05, 0.1) is 19.0 Å². The largest absolute Gasteiger partial charge is 0.499 e. The highest BCUT2D eigenvalue weighted by Gasteiger charge is 2.22. The van der Waals surface area contributed by atoms with Gasteiger partial charge < -0.3 is 14.8 Å². The number of rotatable bonds is 13. The molecule has 1 aromatic rings. The fourth-order valence-corrected chi connectivity index (χ4v) is 2.56. The fraction of sp³-hybridized carbons (Fsp3) is 0.583. The maximum Gasteiger partial charge on any atom is 0.119 e. The van der Waals surface area contributed by atoms with E-state index in [1.54, 1.807) is 0 Å². The van der Waals surface area contributed by atoms with Gasteiger partial charge in [0.15, 0.2) is 0 Å². The SMILES string of the molecule is C=C(C)OCCC(C)(C)/C(=C/CC)NCCCCOc1ccccc1.CC. The highest BCUT2D eigenvalue weighted by molar-refractivity contribution is 5.20. The van der Waals surface area contributed by atoms with Crippen molar-refractivity contribution in [3.63, 3.8) is 0 Å². The van der Waals surface area contributed by atoms with E-state index in [2.05, 4.69) is 38.7 Å². The average molecular weight is 376 g/mol. The molecule has 1 rings (SSSR count). The summed E-state index contributed by atoms with van der Waals surface area (Å²) in [4.78, 5) is 0. The lowest BCUT2D eigenvalue weighted by Crippen LogP contribution is -2.29. The van der Waals surface area contributed by atoms with E-state index in [1.807, 2.05) is 51.1 Å². The minimum absolute atomic E-state index is 0.0754. The lowest BCUT2D eigenvalue weighted by atomic mass is 9.85. The number of para-hydroxylation sites is 1. The van der Waals surface area contributed by atoms with E-state index >= 15 is 0 Å². The molecule has 154 valence electrons. The highest BCUT2D eigenvalue weighted by Crippen LogP contribution is 2.29. The van der Waals surface area contributed by atoms with Gasteiger partial charge in [-0.25, -0.2) is 0 Å². The predicted octanol–water partition coefficient (Wildman–Crippen LogP) is 6.72. The molecule has 1 N–H and O–H groups in total. The molecule has 0 fully saturated rings. The Hall–Kier alpha value is -1.90. The topological polar surface area (TPSA) is 30.5 Å². The minimum atomic E-state index is 0.0754. The molecule has 0 saturated heterocycles. The van der Waals surface area contributed by atoms with E-state index in [4.69, 9.17) is 9.47 Å². The summed E-state index contributed by atoms with van der Waals surface area (Å²) in [7, 11) is 0. The average Bonchev–Trinajstić information content (AvgIpc) is 2.65. The summed E-state index contributed by atoms with van der Waals surface area (Å²) >= 11 is 0. The second kappa shape index (κ2) is 15.2. The van der Waals surface area contributed by atoms with Gasteiger partial charge in [-0.1, -0.05) is 65.5 Å². The Morgan fingerprint density at radius 2 is 1.78 bits per heavy atom. The van der Waals surface area contributed by atoms with Gasteiger partial charge in [0.2, 0.25) is 0 Å². The predicted molar refractivity (Wildman–Crippen MR) is 118 cm³/mol. The van der Waals surface area contributed by atoms with Gasteiger partial charge in [0, 0.05) is 17.7 Å². The molecule has 3 nitrogen and oxygen atoms in total. The van der Waals surface area contributed by atoms with Crippen LogP contribution in [0, 0.1) is 5.41 Å². The second-order valence-corrected chi connectivity index (χ2v) is 7.01. The van der Waals surface area contributed by atoms with E-state index in [9.17, 15) is 0 Å². The summed E-state index contributed by atoms with van der Waals surface area (Å²) in [6, 6.07) is 9.99. The molecule has 0 spiro atoms. The third kappa shape index (κ3) is 12.2. The zero-order valence-corrected chi connectivity index (χ0v) is 18.4. The van der Waals surface area contributed by atoms with Crippen molar-refractivity contribution >= 4 is 0 Å². The van der Waals surface area contributed by atoms with Gasteiger partial charge in [0.1, 0.15) is 5.75 Å². The maximum absolute atomic E-state index is 5.74. The van der Waals surface area contributed by atoms with Crippen LogP contribution >= 0.6 is 0 Å². The molecule has 0 aliphatic rings. The lowest BCUT2D eigenvalue weighted by Gasteiger charge is -2.29. The monoisotopic (exact) mass is 375 g/mol. The van der Waals surface area contributed by atoms with E-state index in [1.165, 1.54) is 5.70 Å². The van der Waals surface area contributed by atoms with Crippen LogP contribution in [0.1, 0.15) is 67.2 Å². The van der Waals surface area contributed by atoms with E-state index < -0.39 is 0 Å². The number of hydrogen-bond acceptors (Lipinski definition) is 3. The highest BCUT2D eigenvalue weighted by atomic mass is 16.5. The third-order valence-corrected chi connectivity index (χ3v) is 4.11. The smallest absolute Gasteiger partial charge is 0.119 e. The lowest BCUT2D eigenvalue weighted by molar-refractivity contribution is 0.176. The van der Waals surface area contributed by atoms with Gasteiger partial charge in [-0.15, -0.1) is 0 Å². The van der Waals surface area contributed by atoms with Crippen molar-refractivity contribution in [1.29, 1.82) is 0 Å². The van der Waals surface area contributed by atoms with Gasteiger partial charge >= 0.3 is 0 Å². The number of allylic oxidation sites excluding steroid dienone is 3. The van der Waals surface area contributed by atoms with Crippen LogP contribution in [0.3, 0.4) is 0 Å². The van der Waals surface area contributed by atoms with Gasteiger partial charge in [0.25, 0.3) is 0 Å². The summed E-state index contributed by atoms with van der Waals surface area (Å²) in [5.74, 6) is 1.73. The molecule has 0 aliphatic carbocycles. The van der Waals surface area contributed by atoms with Crippen LogP contribution in [0.2, 0.25) is 0 Å². The van der Waals surface area contributed by atoms with Crippen LogP contribution in [-0.2, 0) is 4.74 Å². The zero-order chi connectivity index (χ0) is 20.5. The van der Waals surface area contributed by atoms with Crippen LogP contribution in [-0.4, -0.2) is 19.8 Å². The summed E-state index contributed by atoms with van der Waals surface area (Å²) in [5.41, 5.74) is 1.38. The third-order valence-electron chi connectivity index (χ3n) is 4.11.